The van der Waals surface area contributed by atoms with Crippen molar-refractivity contribution in [2.24, 2.45) is 11.3 Å². The van der Waals surface area contributed by atoms with E-state index in [-0.39, 0.29) is 41.4 Å². The Hall–Kier alpha value is -1.14. The number of piperazine rings is 1. The van der Waals surface area contributed by atoms with Crippen molar-refractivity contribution in [3.63, 3.8) is 0 Å². The maximum atomic E-state index is 13.3. The van der Waals surface area contributed by atoms with E-state index < -0.39 is 0 Å². The fourth-order valence-corrected chi connectivity index (χ4v) is 4.10. The quantitative estimate of drug-likeness (QED) is 0.764. The molecule has 26 heavy (non-hydrogen) atoms. The lowest BCUT2D eigenvalue weighted by molar-refractivity contribution is -0.151. The Morgan fingerprint density at radius 2 is 1.38 bits per heavy atom. The summed E-state index contributed by atoms with van der Waals surface area (Å²) in [5, 5.41) is 0. The summed E-state index contributed by atoms with van der Waals surface area (Å²) in [5.74, 6) is 0.610. The van der Waals surface area contributed by atoms with Gasteiger partial charge >= 0.3 is 0 Å². The number of carbonyl (C=O) groups is 2. The molecule has 6 nitrogen and oxygen atoms in total. The molecule has 2 saturated heterocycles. The molecule has 0 aromatic carbocycles. The van der Waals surface area contributed by atoms with Crippen molar-refractivity contribution in [1.82, 2.24) is 14.7 Å². The monoisotopic (exact) mass is 367 g/mol. The van der Waals surface area contributed by atoms with Crippen LogP contribution in [0.5, 0.6) is 0 Å². The zero-order valence-corrected chi connectivity index (χ0v) is 17.6. The molecule has 2 aliphatic rings. The molecule has 3 unspecified atom stereocenters. The first-order chi connectivity index (χ1) is 12.0. The van der Waals surface area contributed by atoms with Crippen molar-refractivity contribution in [1.29, 1.82) is 0 Å². The molecule has 3 atom stereocenters. The molecule has 0 bridgehead atoms. The van der Waals surface area contributed by atoms with Gasteiger partial charge in [-0.05, 0) is 19.8 Å². The van der Waals surface area contributed by atoms with Gasteiger partial charge in [0, 0.05) is 44.7 Å². The van der Waals surface area contributed by atoms with Gasteiger partial charge in [0.25, 0.3) is 0 Å². The minimum atomic E-state index is -0.368. The average Bonchev–Trinajstić information content (AvgIpc) is 2.52. The van der Waals surface area contributed by atoms with E-state index in [0.717, 1.165) is 13.1 Å². The highest BCUT2D eigenvalue weighted by Gasteiger charge is 2.38. The first-order valence-electron chi connectivity index (χ1n) is 9.98. The number of nitrogens with zero attached hydrogens (tertiary/aromatic N) is 3. The van der Waals surface area contributed by atoms with Gasteiger partial charge in [0.15, 0.2) is 0 Å². The predicted molar refractivity (Wildman–Crippen MR) is 103 cm³/mol. The third-order valence-electron chi connectivity index (χ3n) is 5.25. The maximum absolute atomic E-state index is 13.3. The lowest BCUT2D eigenvalue weighted by atomic mass is 9.94. The van der Waals surface area contributed by atoms with Crippen LogP contribution in [0.4, 0.5) is 0 Å². The molecular weight excluding hydrogens is 330 g/mol. The second-order valence-electron chi connectivity index (χ2n) is 9.27. The fourth-order valence-electron chi connectivity index (χ4n) is 4.10. The molecule has 0 saturated carbocycles. The highest BCUT2D eigenvalue weighted by Crippen LogP contribution is 2.22. The van der Waals surface area contributed by atoms with Gasteiger partial charge in [0.1, 0.15) is 0 Å². The summed E-state index contributed by atoms with van der Waals surface area (Å²) in [6.45, 7) is 18.3. The minimum Gasteiger partial charge on any atom is -0.373 e. The molecule has 0 aromatic heterocycles. The van der Waals surface area contributed by atoms with Gasteiger partial charge in [-0.2, -0.15) is 0 Å². The molecule has 2 amide bonds. The van der Waals surface area contributed by atoms with E-state index in [1.807, 2.05) is 30.6 Å². The first-order valence-corrected chi connectivity index (χ1v) is 9.98. The lowest BCUT2D eigenvalue weighted by Gasteiger charge is -2.44. The summed E-state index contributed by atoms with van der Waals surface area (Å²) >= 11 is 0. The van der Waals surface area contributed by atoms with Crippen LogP contribution in [-0.4, -0.2) is 84.0 Å². The molecule has 0 aromatic rings. The van der Waals surface area contributed by atoms with Gasteiger partial charge in [-0.25, -0.2) is 0 Å². The summed E-state index contributed by atoms with van der Waals surface area (Å²) < 4.78 is 5.83. The van der Waals surface area contributed by atoms with Crippen LogP contribution in [0.3, 0.4) is 0 Å². The van der Waals surface area contributed by atoms with Crippen molar-refractivity contribution in [3.8, 4) is 0 Å². The van der Waals surface area contributed by atoms with Crippen molar-refractivity contribution >= 4 is 11.8 Å². The Labute approximate surface area is 158 Å². The number of amides is 2. The summed E-state index contributed by atoms with van der Waals surface area (Å²) in [6.07, 6.45) is 0.295. The second-order valence-corrected chi connectivity index (χ2v) is 9.27. The number of rotatable bonds is 3. The second kappa shape index (κ2) is 8.26. The third kappa shape index (κ3) is 4.97. The van der Waals surface area contributed by atoms with E-state index in [9.17, 15) is 9.59 Å². The highest BCUT2D eigenvalue weighted by atomic mass is 16.5. The van der Waals surface area contributed by atoms with Gasteiger partial charge in [-0.1, -0.05) is 34.6 Å². The summed E-state index contributed by atoms with van der Waals surface area (Å²) in [6, 6.07) is -0.117. The third-order valence-corrected chi connectivity index (χ3v) is 5.25. The Kier molecular flexibility index (Phi) is 6.72. The number of hydrogen-bond donors (Lipinski definition) is 0. The predicted octanol–water partition coefficient (Wildman–Crippen LogP) is 1.84. The van der Waals surface area contributed by atoms with Crippen LogP contribution in [0.15, 0.2) is 0 Å². The van der Waals surface area contributed by atoms with Crippen LogP contribution in [0.2, 0.25) is 0 Å². The first kappa shape index (κ1) is 21.2. The SMILES string of the molecule is CC1CN(C(C(=O)N2CCN(C(=O)C(C)(C)C)CC2)C(C)C)CC(C)O1. The lowest BCUT2D eigenvalue weighted by Crippen LogP contribution is -2.60. The van der Waals surface area contributed by atoms with Crippen molar-refractivity contribution < 1.29 is 14.3 Å². The van der Waals surface area contributed by atoms with E-state index >= 15 is 0 Å². The van der Waals surface area contributed by atoms with Crippen molar-refractivity contribution in [2.75, 3.05) is 39.3 Å². The van der Waals surface area contributed by atoms with Gasteiger partial charge < -0.3 is 14.5 Å². The molecule has 2 fully saturated rings. The molecule has 0 aliphatic carbocycles. The van der Waals surface area contributed by atoms with Gasteiger partial charge in [-0.3, -0.25) is 14.5 Å². The van der Waals surface area contributed by atoms with Gasteiger partial charge in [0.2, 0.25) is 11.8 Å². The molecule has 150 valence electrons. The smallest absolute Gasteiger partial charge is 0.240 e. The molecule has 2 heterocycles. The van der Waals surface area contributed by atoms with Gasteiger partial charge in [0.05, 0.1) is 18.2 Å². The Morgan fingerprint density at radius 3 is 1.81 bits per heavy atom. The van der Waals surface area contributed by atoms with E-state index in [1.165, 1.54) is 0 Å². The largest absolute Gasteiger partial charge is 0.373 e. The van der Waals surface area contributed by atoms with Crippen molar-refractivity contribution in [2.45, 2.75) is 66.7 Å². The molecule has 0 N–H and O–H groups in total. The van der Waals surface area contributed by atoms with Crippen LogP contribution in [0, 0.1) is 11.3 Å². The zero-order valence-electron chi connectivity index (χ0n) is 17.6. The Balaban J connectivity index is 2.01. The summed E-state index contributed by atoms with van der Waals surface area (Å²) in [4.78, 5) is 31.9. The van der Waals surface area contributed by atoms with E-state index in [0.29, 0.717) is 26.2 Å². The topological polar surface area (TPSA) is 53.1 Å². The van der Waals surface area contributed by atoms with Gasteiger partial charge in [-0.15, -0.1) is 0 Å². The molecule has 0 radical (unpaired) electrons. The Bertz CT molecular complexity index is 497. The van der Waals surface area contributed by atoms with Crippen LogP contribution >= 0.6 is 0 Å². The minimum absolute atomic E-state index is 0.117. The maximum Gasteiger partial charge on any atom is 0.240 e. The normalized spacial score (nSPS) is 26.9. The number of morpholine rings is 1. The van der Waals surface area contributed by atoms with Crippen LogP contribution in [-0.2, 0) is 14.3 Å². The van der Waals surface area contributed by atoms with Crippen molar-refractivity contribution in [3.05, 3.63) is 0 Å². The van der Waals surface area contributed by atoms with Crippen LogP contribution < -0.4 is 0 Å². The zero-order chi connectivity index (χ0) is 19.6. The van der Waals surface area contributed by atoms with Crippen LogP contribution in [0.1, 0.15) is 48.5 Å². The molecular formula is C20H37N3O3. The van der Waals surface area contributed by atoms with E-state index in [4.69, 9.17) is 4.74 Å². The standard InChI is InChI=1S/C20H37N3O3/c1-14(2)17(23-12-15(3)26-16(4)13-23)18(24)21-8-10-22(11-9-21)19(25)20(5,6)7/h14-17H,8-13H2,1-7H3. The molecule has 6 heteroatoms. The highest BCUT2D eigenvalue weighted by molar-refractivity contribution is 5.84. The van der Waals surface area contributed by atoms with E-state index in [2.05, 4.69) is 32.6 Å². The number of hydrogen-bond acceptors (Lipinski definition) is 4. The summed E-state index contributed by atoms with van der Waals surface area (Å²) in [7, 11) is 0. The number of ether oxygens (including phenoxy) is 1. The molecule has 2 rings (SSSR count). The Morgan fingerprint density at radius 1 is 0.923 bits per heavy atom. The molecule has 2 aliphatic heterocycles. The molecule has 0 spiro atoms. The van der Waals surface area contributed by atoms with Crippen LogP contribution in [0.25, 0.3) is 0 Å². The van der Waals surface area contributed by atoms with E-state index in [1.54, 1.807) is 0 Å². The average molecular weight is 368 g/mol. The number of carbonyl (C=O) groups excluding carboxylic acids is 2. The fraction of sp³-hybridized carbons (Fsp3) is 0.900. The summed E-state index contributed by atoms with van der Waals surface area (Å²) in [5.41, 5.74) is -0.368.